The fraction of sp³-hybridized carbons (Fsp3) is 0.182. The fourth-order valence-electron chi connectivity index (χ4n) is 3.05. The highest BCUT2D eigenvalue weighted by molar-refractivity contribution is 7.86. The summed E-state index contributed by atoms with van der Waals surface area (Å²) in [7, 11) is -4.02. The molecule has 0 fully saturated rings. The number of aryl methyl sites for hydroxylation is 1. The van der Waals surface area contributed by atoms with Gasteiger partial charge in [-0.3, -0.25) is 10.2 Å². The summed E-state index contributed by atoms with van der Waals surface area (Å²) in [6, 6.07) is 20.1. The van der Waals surface area contributed by atoms with Crippen LogP contribution in [0.4, 0.5) is 0 Å². The van der Waals surface area contributed by atoms with Crippen molar-refractivity contribution in [1.82, 2.24) is 0 Å². The molecule has 29 heavy (non-hydrogen) atoms. The number of rotatable bonds is 8. The second-order valence-electron chi connectivity index (χ2n) is 6.81. The maximum atomic E-state index is 12.2. The van der Waals surface area contributed by atoms with Crippen LogP contribution < -0.4 is 5.73 Å². The van der Waals surface area contributed by atoms with Crippen molar-refractivity contribution in [2.75, 3.05) is 0 Å². The van der Waals surface area contributed by atoms with Crippen LogP contribution in [-0.2, 0) is 31.3 Å². The number of nitrogens with two attached hydrogens (primary N) is 1. The molecule has 0 aliphatic carbocycles. The second-order valence-corrected chi connectivity index (χ2v) is 8.38. The van der Waals surface area contributed by atoms with Crippen LogP contribution in [0.15, 0.2) is 66.7 Å². The standard InChI is InChI=1S/C22H22N2O4S/c23-22(24)20-12-11-18-13-17(9-10-19(18)14-20)15-29(26,27)28-21(25)8-4-7-16-5-2-1-3-6-16/h1-3,5-6,9-14H,4,7-8,15H2,(H3,23,24). The molecule has 150 valence electrons. The molecular weight excluding hydrogens is 388 g/mol. The van der Waals surface area contributed by atoms with Gasteiger partial charge in [0.25, 0.3) is 0 Å². The van der Waals surface area contributed by atoms with Gasteiger partial charge in [-0.25, -0.2) is 0 Å². The Hall–Kier alpha value is -3.19. The van der Waals surface area contributed by atoms with E-state index in [9.17, 15) is 13.2 Å². The molecule has 0 heterocycles. The van der Waals surface area contributed by atoms with E-state index in [1.165, 1.54) is 0 Å². The summed E-state index contributed by atoms with van der Waals surface area (Å²) in [5.74, 6) is -1.16. The van der Waals surface area contributed by atoms with Crippen LogP contribution in [0.2, 0.25) is 0 Å². The van der Waals surface area contributed by atoms with E-state index < -0.39 is 16.1 Å². The maximum absolute atomic E-state index is 12.2. The van der Waals surface area contributed by atoms with Crippen molar-refractivity contribution in [3.05, 3.63) is 83.4 Å². The number of benzene rings is 3. The van der Waals surface area contributed by atoms with Gasteiger partial charge < -0.3 is 9.92 Å². The van der Waals surface area contributed by atoms with E-state index in [2.05, 4.69) is 0 Å². The van der Waals surface area contributed by atoms with Crippen molar-refractivity contribution in [2.24, 2.45) is 5.73 Å². The molecule has 0 amide bonds. The van der Waals surface area contributed by atoms with Crippen molar-refractivity contribution in [2.45, 2.75) is 25.0 Å². The molecule has 0 spiro atoms. The lowest BCUT2D eigenvalue weighted by molar-refractivity contribution is -0.133. The molecule has 7 heteroatoms. The summed E-state index contributed by atoms with van der Waals surface area (Å²) in [5, 5.41) is 9.14. The number of carbonyl (C=O) groups excluding carboxylic acids is 1. The van der Waals surface area contributed by atoms with Gasteiger partial charge in [-0.15, -0.1) is 0 Å². The highest BCUT2D eigenvalue weighted by Gasteiger charge is 2.18. The largest absolute Gasteiger partial charge is 0.384 e. The quantitative estimate of drug-likeness (QED) is 0.335. The molecule has 0 aliphatic heterocycles. The summed E-state index contributed by atoms with van der Waals surface area (Å²) < 4.78 is 29.2. The van der Waals surface area contributed by atoms with Gasteiger partial charge in [-0.05, 0) is 40.8 Å². The number of hydrogen-bond acceptors (Lipinski definition) is 5. The zero-order valence-electron chi connectivity index (χ0n) is 15.8. The van der Waals surface area contributed by atoms with E-state index in [-0.39, 0.29) is 18.0 Å². The SMILES string of the molecule is N=C(N)c1ccc2cc(CS(=O)(=O)OC(=O)CCCc3ccccc3)ccc2c1. The molecule has 3 N–H and O–H groups in total. The van der Waals surface area contributed by atoms with E-state index in [4.69, 9.17) is 15.3 Å². The Kier molecular flexibility index (Phi) is 6.29. The summed E-state index contributed by atoms with van der Waals surface area (Å²) >= 11 is 0. The van der Waals surface area contributed by atoms with Crippen LogP contribution in [0.3, 0.4) is 0 Å². The third kappa shape index (κ3) is 5.89. The monoisotopic (exact) mass is 410 g/mol. The lowest BCUT2D eigenvalue weighted by atomic mass is 10.0. The number of nitrogen functional groups attached to an aromatic ring is 1. The molecule has 0 saturated carbocycles. The lowest BCUT2D eigenvalue weighted by Gasteiger charge is -2.08. The number of fused-ring (bicyclic) bond motifs is 1. The average Bonchev–Trinajstić information content (AvgIpc) is 2.67. The molecule has 0 atom stereocenters. The first-order valence-corrected chi connectivity index (χ1v) is 10.8. The molecule has 3 rings (SSSR count). The third-order valence-electron chi connectivity index (χ3n) is 4.47. The Morgan fingerprint density at radius 1 is 0.931 bits per heavy atom. The van der Waals surface area contributed by atoms with E-state index in [0.29, 0.717) is 24.0 Å². The maximum Gasteiger partial charge on any atom is 0.322 e. The zero-order valence-corrected chi connectivity index (χ0v) is 16.6. The van der Waals surface area contributed by atoms with Gasteiger partial charge in [0.2, 0.25) is 0 Å². The number of nitrogens with one attached hydrogen (secondary N) is 1. The minimum absolute atomic E-state index is 0.0299. The van der Waals surface area contributed by atoms with E-state index >= 15 is 0 Å². The Balaban J connectivity index is 1.58. The van der Waals surface area contributed by atoms with Crippen LogP contribution >= 0.6 is 0 Å². The fourth-order valence-corrected chi connectivity index (χ4v) is 4.06. The Morgan fingerprint density at radius 3 is 2.34 bits per heavy atom. The minimum Gasteiger partial charge on any atom is -0.384 e. The van der Waals surface area contributed by atoms with Gasteiger partial charge in [0, 0.05) is 12.0 Å². The topological polar surface area (TPSA) is 110 Å². The van der Waals surface area contributed by atoms with Crippen LogP contribution in [0, 0.1) is 5.41 Å². The highest BCUT2D eigenvalue weighted by atomic mass is 32.2. The molecular formula is C22H22N2O4S. The molecule has 0 radical (unpaired) electrons. The smallest absolute Gasteiger partial charge is 0.322 e. The highest BCUT2D eigenvalue weighted by Crippen LogP contribution is 2.20. The summed E-state index contributed by atoms with van der Waals surface area (Å²) in [5.41, 5.74) is 7.70. The molecule has 3 aromatic rings. The predicted octanol–water partition coefficient (Wildman–Crippen LogP) is 3.52. The Labute approximate surface area is 169 Å². The second kappa shape index (κ2) is 8.87. The zero-order chi connectivity index (χ0) is 20.9. The van der Waals surface area contributed by atoms with Crippen LogP contribution in [-0.4, -0.2) is 20.2 Å². The first-order chi connectivity index (χ1) is 13.8. The molecule has 6 nitrogen and oxygen atoms in total. The van der Waals surface area contributed by atoms with Gasteiger partial charge in [0.15, 0.2) is 0 Å². The van der Waals surface area contributed by atoms with Crippen molar-refractivity contribution in [3.63, 3.8) is 0 Å². The first-order valence-electron chi connectivity index (χ1n) is 9.18. The average molecular weight is 410 g/mol. The van der Waals surface area contributed by atoms with Crippen molar-refractivity contribution in [3.8, 4) is 0 Å². The normalized spacial score (nSPS) is 11.3. The van der Waals surface area contributed by atoms with Gasteiger partial charge in [-0.1, -0.05) is 60.7 Å². The number of hydrogen-bond donors (Lipinski definition) is 2. The molecule has 0 bridgehead atoms. The van der Waals surface area contributed by atoms with E-state index in [1.54, 1.807) is 36.4 Å². The number of amidine groups is 1. The van der Waals surface area contributed by atoms with Crippen molar-refractivity contribution in [1.29, 1.82) is 5.41 Å². The summed E-state index contributed by atoms with van der Waals surface area (Å²) in [6.45, 7) is 0. The van der Waals surface area contributed by atoms with Crippen LogP contribution in [0.25, 0.3) is 10.8 Å². The summed E-state index contributed by atoms with van der Waals surface area (Å²) in [4.78, 5) is 11.9. The van der Waals surface area contributed by atoms with Gasteiger partial charge in [0.05, 0.1) is 0 Å². The summed E-state index contributed by atoms with van der Waals surface area (Å²) in [6.07, 6.45) is 1.25. The molecule has 0 saturated heterocycles. The minimum atomic E-state index is -4.02. The van der Waals surface area contributed by atoms with Crippen molar-refractivity contribution < 1.29 is 17.4 Å². The van der Waals surface area contributed by atoms with Crippen LogP contribution in [0.1, 0.15) is 29.5 Å². The molecule has 0 unspecified atom stereocenters. The number of carbonyl (C=O) groups is 1. The van der Waals surface area contributed by atoms with Crippen LogP contribution in [0.5, 0.6) is 0 Å². The first kappa shape index (κ1) is 20.5. The van der Waals surface area contributed by atoms with E-state index in [0.717, 1.165) is 16.3 Å². The van der Waals surface area contributed by atoms with Gasteiger partial charge >= 0.3 is 16.1 Å². The van der Waals surface area contributed by atoms with Gasteiger partial charge in [0.1, 0.15) is 11.6 Å². The van der Waals surface area contributed by atoms with Gasteiger partial charge in [-0.2, -0.15) is 8.42 Å². The van der Waals surface area contributed by atoms with E-state index in [1.807, 2.05) is 30.3 Å². The van der Waals surface area contributed by atoms with Crippen molar-refractivity contribution >= 4 is 32.7 Å². The third-order valence-corrected chi connectivity index (χ3v) is 5.59. The lowest BCUT2D eigenvalue weighted by Crippen LogP contribution is -2.15. The predicted molar refractivity (Wildman–Crippen MR) is 113 cm³/mol. The molecule has 0 aromatic heterocycles. The molecule has 3 aromatic carbocycles. The Morgan fingerprint density at radius 2 is 1.62 bits per heavy atom. The Bertz CT molecular complexity index is 1140. The molecule has 0 aliphatic rings.